The van der Waals surface area contributed by atoms with Crippen molar-refractivity contribution in [3.8, 4) is 0 Å². The lowest BCUT2D eigenvalue weighted by Crippen LogP contribution is -2.33. The number of anilines is 1. The zero-order chi connectivity index (χ0) is 18.1. The number of rotatable bonds is 10. The lowest BCUT2D eigenvalue weighted by atomic mass is 10.1. The molecule has 0 unspecified atom stereocenters. The molecular formula is C18H25N3O2S2. The molecule has 2 heterocycles. The summed E-state index contributed by atoms with van der Waals surface area (Å²) in [6.07, 6.45) is 5.11. The van der Waals surface area contributed by atoms with E-state index in [0.29, 0.717) is 17.2 Å². The van der Waals surface area contributed by atoms with E-state index in [-0.39, 0.29) is 24.3 Å². The van der Waals surface area contributed by atoms with Gasteiger partial charge in [-0.3, -0.25) is 9.59 Å². The molecule has 0 bridgehead atoms. The van der Waals surface area contributed by atoms with Crippen LogP contribution in [0.4, 0.5) is 5.13 Å². The van der Waals surface area contributed by atoms with E-state index in [0.717, 1.165) is 17.7 Å². The molecule has 0 radical (unpaired) electrons. The van der Waals surface area contributed by atoms with Crippen molar-refractivity contribution >= 4 is 39.6 Å². The van der Waals surface area contributed by atoms with Crippen molar-refractivity contribution in [2.75, 3.05) is 5.32 Å². The van der Waals surface area contributed by atoms with Crippen LogP contribution in [0, 0.1) is 0 Å². The number of thiophene rings is 1. The maximum atomic E-state index is 12.1. The molecule has 0 fully saturated rings. The smallest absolute Gasteiger partial charge is 0.231 e. The fourth-order valence-corrected chi connectivity index (χ4v) is 3.87. The highest BCUT2D eigenvalue weighted by molar-refractivity contribution is 7.14. The molecule has 0 saturated carbocycles. The van der Waals surface area contributed by atoms with Gasteiger partial charge in [-0.05, 0) is 24.8 Å². The summed E-state index contributed by atoms with van der Waals surface area (Å²) in [6, 6.07) is 4.04. The van der Waals surface area contributed by atoms with Gasteiger partial charge in [-0.2, -0.15) is 0 Å². The SMILES string of the molecule is CCCCC[C@H](C)NC(=O)Cc1csc(NC(=O)Cc2cccs2)n1. The molecule has 1 atom stereocenters. The molecule has 0 aliphatic rings. The molecule has 0 aliphatic heterocycles. The Kier molecular flexibility index (Phi) is 8.08. The van der Waals surface area contributed by atoms with Gasteiger partial charge < -0.3 is 10.6 Å². The topological polar surface area (TPSA) is 71.1 Å². The zero-order valence-corrected chi connectivity index (χ0v) is 16.3. The zero-order valence-electron chi connectivity index (χ0n) is 14.7. The molecule has 0 aromatic carbocycles. The largest absolute Gasteiger partial charge is 0.353 e. The second-order valence-corrected chi connectivity index (χ2v) is 7.98. The number of amides is 2. The summed E-state index contributed by atoms with van der Waals surface area (Å²) in [5.74, 6) is -0.108. The Morgan fingerprint density at radius 3 is 2.76 bits per heavy atom. The van der Waals surface area contributed by atoms with E-state index in [4.69, 9.17) is 0 Å². The molecule has 2 N–H and O–H groups in total. The number of thiazole rings is 1. The van der Waals surface area contributed by atoms with E-state index in [1.807, 2.05) is 29.8 Å². The monoisotopic (exact) mass is 379 g/mol. The highest BCUT2D eigenvalue weighted by atomic mass is 32.1. The average molecular weight is 380 g/mol. The van der Waals surface area contributed by atoms with E-state index in [1.165, 1.54) is 24.2 Å². The lowest BCUT2D eigenvalue weighted by molar-refractivity contribution is -0.121. The second kappa shape index (κ2) is 10.3. The third kappa shape index (κ3) is 7.36. The minimum atomic E-state index is -0.0858. The number of unbranched alkanes of at least 4 members (excludes halogenated alkanes) is 2. The fraction of sp³-hybridized carbons (Fsp3) is 0.500. The third-order valence-corrected chi connectivity index (χ3v) is 5.39. The number of carbonyl (C=O) groups excluding carboxylic acids is 2. The van der Waals surface area contributed by atoms with Crippen LogP contribution in [0.25, 0.3) is 0 Å². The Morgan fingerprint density at radius 1 is 1.20 bits per heavy atom. The summed E-state index contributed by atoms with van der Waals surface area (Å²) >= 11 is 2.91. The van der Waals surface area contributed by atoms with Crippen LogP contribution in [0.15, 0.2) is 22.9 Å². The summed E-state index contributed by atoms with van der Waals surface area (Å²) in [4.78, 5) is 29.4. The van der Waals surface area contributed by atoms with Gasteiger partial charge in [0, 0.05) is 16.3 Å². The molecule has 25 heavy (non-hydrogen) atoms. The molecule has 0 saturated heterocycles. The van der Waals surface area contributed by atoms with Gasteiger partial charge in [0.25, 0.3) is 0 Å². The molecule has 0 aliphatic carbocycles. The Balaban J connectivity index is 1.74. The van der Waals surface area contributed by atoms with E-state index >= 15 is 0 Å². The first-order valence-corrected chi connectivity index (χ1v) is 10.4. The van der Waals surface area contributed by atoms with Crippen LogP contribution in [0.1, 0.15) is 50.1 Å². The molecule has 2 amide bonds. The highest BCUT2D eigenvalue weighted by Crippen LogP contribution is 2.17. The first-order chi connectivity index (χ1) is 12.1. The summed E-state index contributed by atoms with van der Waals surface area (Å²) in [5.41, 5.74) is 0.690. The van der Waals surface area contributed by atoms with Gasteiger partial charge >= 0.3 is 0 Å². The van der Waals surface area contributed by atoms with Crippen LogP contribution in [-0.4, -0.2) is 22.8 Å². The van der Waals surface area contributed by atoms with E-state index < -0.39 is 0 Å². The molecular weight excluding hydrogens is 354 g/mol. The predicted octanol–water partition coefficient (Wildman–Crippen LogP) is 4.01. The predicted molar refractivity (Wildman–Crippen MR) is 104 cm³/mol. The number of nitrogens with zero attached hydrogens (tertiary/aromatic N) is 1. The number of nitrogens with one attached hydrogen (secondary N) is 2. The first kappa shape index (κ1) is 19.6. The lowest BCUT2D eigenvalue weighted by Gasteiger charge is -2.12. The van der Waals surface area contributed by atoms with Crippen LogP contribution >= 0.6 is 22.7 Å². The summed E-state index contributed by atoms with van der Waals surface area (Å²) < 4.78 is 0. The van der Waals surface area contributed by atoms with Gasteiger partial charge in [-0.25, -0.2) is 4.98 Å². The van der Waals surface area contributed by atoms with Gasteiger partial charge in [-0.15, -0.1) is 22.7 Å². The summed E-state index contributed by atoms with van der Waals surface area (Å²) in [6.45, 7) is 4.20. The van der Waals surface area contributed by atoms with Crippen LogP contribution in [0.5, 0.6) is 0 Å². The Labute approximate surface area is 156 Å². The van der Waals surface area contributed by atoms with Crippen molar-refractivity contribution < 1.29 is 9.59 Å². The molecule has 136 valence electrons. The van der Waals surface area contributed by atoms with Crippen molar-refractivity contribution in [3.05, 3.63) is 33.5 Å². The second-order valence-electron chi connectivity index (χ2n) is 6.09. The average Bonchev–Trinajstić information content (AvgIpc) is 3.19. The quantitative estimate of drug-likeness (QED) is 0.613. The number of hydrogen-bond donors (Lipinski definition) is 2. The molecule has 7 heteroatoms. The van der Waals surface area contributed by atoms with Crippen LogP contribution in [-0.2, 0) is 22.4 Å². The van der Waals surface area contributed by atoms with Gasteiger partial charge in [0.15, 0.2) is 5.13 Å². The Hall–Kier alpha value is -1.73. The standard InChI is InChI=1S/C18H25N3O2S2/c1-3-4-5-7-13(2)19-16(22)10-14-12-25-18(20-14)21-17(23)11-15-8-6-9-24-15/h6,8-9,12-13H,3-5,7,10-11H2,1-2H3,(H,19,22)(H,20,21,23)/t13-/m0/s1. The first-order valence-electron chi connectivity index (χ1n) is 8.62. The highest BCUT2D eigenvalue weighted by Gasteiger charge is 2.12. The van der Waals surface area contributed by atoms with Crippen molar-refractivity contribution in [1.82, 2.24) is 10.3 Å². The van der Waals surface area contributed by atoms with E-state index in [9.17, 15) is 9.59 Å². The van der Waals surface area contributed by atoms with Crippen molar-refractivity contribution in [3.63, 3.8) is 0 Å². The minimum Gasteiger partial charge on any atom is -0.353 e. The number of carbonyl (C=O) groups is 2. The van der Waals surface area contributed by atoms with Gasteiger partial charge in [0.05, 0.1) is 18.5 Å². The maximum absolute atomic E-state index is 12.1. The van der Waals surface area contributed by atoms with Gasteiger partial charge in [0.2, 0.25) is 11.8 Å². The minimum absolute atomic E-state index is 0.0224. The summed E-state index contributed by atoms with van der Waals surface area (Å²) in [5, 5.41) is 10.1. The van der Waals surface area contributed by atoms with Crippen LogP contribution in [0.3, 0.4) is 0 Å². The van der Waals surface area contributed by atoms with Crippen molar-refractivity contribution in [2.24, 2.45) is 0 Å². The van der Waals surface area contributed by atoms with E-state index in [1.54, 1.807) is 11.3 Å². The molecule has 0 spiro atoms. The summed E-state index contributed by atoms with van der Waals surface area (Å²) in [7, 11) is 0. The van der Waals surface area contributed by atoms with Crippen LogP contribution < -0.4 is 10.6 Å². The fourth-order valence-electron chi connectivity index (χ4n) is 2.44. The van der Waals surface area contributed by atoms with Crippen molar-refractivity contribution in [1.29, 1.82) is 0 Å². The third-order valence-electron chi connectivity index (χ3n) is 3.70. The molecule has 2 rings (SSSR count). The molecule has 5 nitrogen and oxygen atoms in total. The Morgan fingerprint density at radius 2 is 2.04 bits per heavy atom. The Bertz CT molecular complexity index is 668. The molecule has 2 aromatic rings. The number of hydrogen-bond acceptors (Lipinski definition) is 5. The van der Waals surface area contributed by atoms with Gasteiger partial charge in [0.1, 0.15) is 0 Å². The van der Waals surface area contributed by atoms with Gasteiger partial charge in [-0.1, -0.05) is 32.3 Å². The van der Waals surface area contributed by atoms with Crippen molar-refractivity contribution in [2.45, 2.75) is 58.4 Å². The normalized spacial score (nSPS) is 11.9. The van der Waals surface area contributed by atoms with E-state index in [2.05, 4.69) is 22.5 Å². The maximum Gasteiger partial charge on any atom is 0.231 e. The van der Waals surface area contributed by atoms with Crippen LogP contribution in [0.2, 0.25) is 0 Å². The number of aromatic nitrogens is 1. The molecule has 2 aromatic heterocycles.